The molecular weight excluding hydrogens is 336 g/mol. The minimum absolute atomic E-state index is 0.0770. The number of hydrogen-bond donors (Lipinski definition) is 0. The van der Waals surface area contributed by atoms with Crippen LogP contribution in [0.5, 0.6) is 5.75 Å². The Morgan fingerprint density at radius 2 is 2.08 bits per heavy atom. The summed E-state index contributed by atoms with van der Waals surface area (Å²) < 4.78 is 5.83. The van der Waals surface area contributed by atoms with Crippen LogP contribution in [-0.4, -0.2) is 43.1 Å². The summed E-state index contributed by atoms with van der Waals surface area (Å²) in [4.78, 5) is 16.6. The van der Waals surface area contributed by atoms with Crippen molar-refractivity contribution in [3.63, 3.8) is 0 Å². The second kappa shape index (κ2) is 8.24. The third-order valence-corrected chi connectivity index (χ3v) is 5.53. The van der Waals surface area contributed by atoms with Gasteiger partial charge in [-0.1, -0.05) is 31.9 Å². The van der Waals surface area contributed by atoms with E-state index in [2.05, 4.69) is 18.7 Å². The number of nitrogens with zero attached hydrogens (tertiary/aromatic N) is 2. The summed E-state index contributed by atoms with van der Waals surface area (Å²) in [5.41, 5.74) is 2.14. The number of hydrogen-bond acceptors (Lipinski definition) is 3. The van der Waals surface area contributed by atoms with Gasteiger partial charge < -0.3 is 14.5 Å². The zero-order chi connectivity index (χ0) is 17.8. The number of amides is 1. The standard InChI is InChI=1S/C20H27ClN2O2/c1-3-22(4-2)11-12-25-19-10-9-16(14-17(19)21)23-18-8-6-5-7-15(18)13-20(23)24/h9-10,13-14,18H,3-8,11-12H2,1-2H3. The van der Waals surface area contributed by atoms with Gasteiger partial charge >= 0.3 is 0 Å². The quantitative estimate of drug-likeness (QED) is 0.725. The lowest BCUT2D eigenvalue weighted by molar-refractivity contribution is -0.113. The number of halogens is 1. The van der Waals surface area contributed by atoms with Crippen LogP contribution in [0, 0.1) is 0 Å². The molecule has 1 aliphatic carbocycles. The van der Waals surface area contributed by atoms with Crippen molar-refractivity contribution in [2.45, 2.75) is 45.6 Å². The second-order valence-electron chi connectivity index (χ2n) is 6.68. The van der Waals surface area contributed by atoms with Crippen LogP contribution < -0.4 is 9.64 Å². The van der Waals surface area contributed by atoms with Crippen LogP contribution in [0.15, 0.2) is 29.8 Å². The summed E-state index contributed by atoms with van der Waals surface area (Å²) in [5.74, 6) is 0.759. The van der Waals surface area contributed by atoms with Gasteiger partial charge in [0.05, 0.1) is 11.1 Å². The minimum Gasteiger partial charge on any atom is -0.491 e. The summed E-state index contributed by atoms with van der Waals surface area (Å²) in [5, 5.41) is 0.564. The Bertz CT molecular complexity index is 655. The normalized spacial score (nSPS) is 20.0. The van der Waals surface area contributed by atoms with E-state index in [9.17, 15) is 4.79 Å². The Morgan fingerprint density at radius 3 is 2.80 bits per heavy atom. The van der Waals surface area contributed by atoms with Gasteiger partial charge in [-0.2, -0.15) is 0 Å². The lowest BCUT2D eigenvalue weighted by Crippen LogP contribution is -2.36. The predicted molar refractivity (Wildman–Crippen MR) is 103 cm³/mol. The molecule has 1 atom stereocenters. The molecule has 1 unspecified atom stereocenters. The summed E-state index contributed by atoms with van der Waals surface area (Å²) >= 11 is 6.42. The van der Waals surface area contributed by atoms with Gasteiger partial charge in [0, 0.05) is 18.3 Å². The molecule has 1 saturated carbocycles. The molecule has 0 aromatic heterocycles. The highest BCUT2D eigenvalue weighted by Crippen LogP contribution is 2.38. The first kappa shape index (κ1) is 18.3. The number of carbonyl (C=O) groups excluding carboxylic acids is 1. The van der Waals surface area contributed by atoms with E-state index in [0.29, 0.717) is 17.4 Å². The van der Waals surface area contributed by atoms with Crippen LogP contribution in [0.25, 0.3) is 0 Å². The summed E-state index contributed by atoms with van der Waals surface area (Å²) in [6.07, 6.45) is 6.24. The Labute approximate surface area is 155 Å². The molecule has 0 bridgehead atoms. The fourth-order valence-electron chi connectivity index (χ4n) is 3.75. The summed E-state index contributed by atoms with van der Waals surface area (Å²) in [6, 6.07) is 5.90. The van der Waals surface area contributed by atoms with Gasteiger partial charge in [0.15, 0.2) is 0 Å². The van der Waals surface area contributed by atoms with Crippen molar-refractivity contribution in [3.8, 4) is 5.75 Å². The van der Waals surface area contributed by atoms with Crippen molar-refractivity contribution in [2.75, 3.05) is 31.1 Å². The van der Waals surface area contributed by atoms with Crippen LogP contribution in [0.3, 0.4) is 0 Å². The molecule has 1 amide bonds. The van der Waals surface area contributed by atoms with Crippen LogP contribution in [0.4, 0.5) is 5.69 Å². The number of benzene rings is 1. The van der Waals surface area contributed by atoms with Gasteiger partial charge in [-0.05, 0) is 56.1 Å². The van der Waals surface area contributed by atoms with Crippen molar-refractivity contribution in [3.05, 3.63) is 34.9 Å². The van der Waals surface area contributed by atoms with Gasteiger partial charge in [0.2, 0.25) is 0 Å². The molecule has 1 fully saturated rings. The molecule has 136 valence electrons. The first-order valence-electron chi connectivity index (χ1n) is 9.32. The Morgan fingerprint density at radius 1 is 1.28 bits per heavy atom. The van der Waals surface area contributed by atoms with Crippen molar-refractivity contribution in [1.82, 2.24) is 4.90 Å². The number of carbonyl (C=O) groups is 1. The van der Waals surface area contributed by atoms with E-state index in [4.69, 9.17) is 16.3 Å². The zero-order valence-corrected chi connectivity index (χ0v) is 15.9. The van der Waals surface area contributed by atoms with Crippen molar-refractivity contribution < 1.29 is 9.53 Å². The smallest absolute Gasteiger partial charge is 0.251 e. The highest BCUT2D eigenvalue weighted by atomic mass is 35.5. The van der Waals surface area contributed by atoms with Crippen molar-refractivity contribution in [1.29, 1.82) is 0 Å². The second-order valence-corrected chi connectivity index (χ2v) is 7.09. The molecule has 5 heteroatoms. The molecule has 1 aliphatic heterocycles. The van der Waals surface area contributed by atoms with E-state index in [-0.39, 0.29) is 11.9 Å². The van der Waals surface area contributed by atoms with Crippen LogP contribution >= 0.6 is 11.6 Å². The van der Waals surface area contributed by atoms with E-state index >= 15 is 0 Å². The molecule has 0 saturated heterocycles. The van der Waals surface area contributed by atoms with Crippen LogP contribution in [-0.2, 0) is 4.79 Å². The van der Waals surface area contributed by atoms with Crippen LogP contribution in [0.1, 0.15) is 39.5 Å². The Balaban J connectivity index is 1.67. The van der Waals surface area contributed by atoms with Crippen molar-refractivity contribution in [2.24, 2.45) is 0 Å². The first-order chi connectivity index (χ1) is 12.1. The molecule has 1 aromatic carbocycles. The molecule has 1 aromatic rings. The maximum Gasteiger partial charge on any atom is 0.251 e. The third kappa shape index (κ3) is 4.01. The number of likely N-dealkylation sites (N-methyl/N-ethyl adjacent to an activating group) is 1. The van der Waals surface area contributed by atoms with E-state index in [0.717, 1.165) is 38.2 Å². The number of rotatable bonds is 7. The molecule has 0 spiro atoms. The number of ether oxygens (including phenoxy) is 1. The maximum atomic E-state index is 12.4. The SMILES string of the molecule is CCN(CC)CCOc1ccc(N2C(=O)C=C3CCCCC32)cc1Cl. The number of anilines is 1. The van der Waals surface area contributed by atoms with Gasteiger partial charge in [-0.3, -0.25) is 4.79 Å². The maximum absolute atomic E-state index is 12.4. The summed E-state index contributed by atoms with van der Waals surface area (Å²) in [6.45, 7) is 7.81. The van der Waals surface area contributed by atoms with E-state index in [1.807, 2.05) is 29.2 Å². The van der Waals surface area contributed by atoms with Gasteiger partial charge in [0.25, 0.3) is 5.91 Å². The fraction of sp³-hybridized carbons (Fsp3) is 0.550. The van der Waals surface area contributed by atoms with E-state index < -0.39 is 0 Å². The molecule has 25 heavy (non-hydrogen) atoms. The molecule has 4 nitrogen and oxygen atoms in total. The van der Waals surface area contributed by atoms with Crippen LogP contribution in [0.2, 0.25) is 5.02 Å². The molecule has 0 N–H and O–H groups in total. The number of fused-ring (bicyclic) bond motifs is 1. The lowest BCUT2D eigenvalue weighted by atomic mass is 9.91. The average molecular weight is 363 g/mol. The van der Waals surface area contributed by atoms with Gasteiger partial charge in [-0.25, -0.2) is 0 Å². The van der Waals surface area contributed by atoms with E-state index in [1.165, 1.54) is 18.4 Å². The van der Waals surface area contributed by atoms with Crippen molar-refractivity contribution >= 4 is 23.2 Å². The molecule has 0 radical (unpaired) electrons. The molecular formula is C20H27ClN2O2. The first-order valence-corrected chi connectivity index (χ1v) is 9.70. The Hall–Kier alpha value is -1.52. The minimum atomic E-state index is 0.0770. The van der Waals surface area contributed by atoms with Gasteiger partial charge in [-0.15, -0.1) is 0 Å². The average Bonchev–Trinajstić information content (AvgIpc) is 2.95. The van der Waals surface area contributed by atoms with Gasteiger partial charge in [0.1, 0.15) is 12.4 Å². The predicted octanol–water partition coefficient (Wildman–Crippen LogP) is 4.28. The highest BCUT2D eigenvalue weighted by Gasteiger charge is 2.35. The highest BCUT2D eigenvalue weighted by molar-refractivity contribution is 6.32. The monoisotopic (exact) mass is 362 g/mol. The fourth-order valence-corrected chi connectivity index (χ4v) is 3.98. The van der Waals surface area contributed by atoms with E-state index in [1.54, 1.807) is 0 Å². The lowest BCUT2D eigenvalue weighted by Gasteiger charge is -2.30. The topological polar surface area (TPSA) is 32.8 Å². The largest absolute Gasteiger partial charge is 0.491 e. The zero-order valence-electron chi connectivity index (χ0n) is 15.1. The molecule has 2 aliphatic rings. The Kier molecular flexibility index (Phi) is 6.02. The molecule has 3 rings (SSSR count). The third-order valence-electron chi connectivity index (χ3n) is 5.23. The molecule has 1 heterocycles. The summed E-state index contributed by atoms with van der Waals surface area (Å²) in [7, 11) is 0.